The Morgan fingerprint density at radius 1 is 1.30 bits per heavy atom. The van der Waals surface area contributed by atoms with Crippen molar-refractivity contribution >= 4 is 11.9 Å². The highest BCUT2D eigenvalue weighted by Crippen LogP contribution is 2.79. The first-order chi connectivity index (χ1) is 13.0. The Bertz CT molecular complexity index is 771. The van der Waals surface area contributed by atoms with E-state index < -0.39 is 17.8 Å². The highest BCUT2D eigenvalue weighted by molar-refractivity contribution is 5.86. The Labute approximate surface area is 158 Å². The molecule has 0 aromatic carbocycles. The van der Waals surface area contributed by atoms with Crippen LogP contribution in [0.1, 0.15) is 37.1 Å². The quantitative estimate of drug-likeness (QED) is 0.724. The van der Waals surface area contributed by atoms with E-state index in [0.717, 1.165) is 32.4 Å². The highest BCUT2D eigenvalue weighted by Gasteiger charge is 2.77. The fraction of sp³-hybridized carbons (Fsp3) is 0.750. The van der Waals surface area contributed by atoms with Crippen molar-refractivity contribution in [3.05, 3.63) is 17.5 Å². The lowest BCUT2D eigenvalue weighted by atomic mass is 9.78. The van der Waals surface area contributed by atoms with Crippen LogP contribution in [0.4, 0.5) is 0 Å². The van der Waals surface area contributed by atoms with Gasteiger partial charge in [-0.05, 0) is 74.8 Å². The van der Waals surface area contributed by atoms with Crippen molar-refractivity contribution in [1.29, 1.82) is 0 Å². The number of aryl methyl sites for hydroxylation is 1. The number of nitrogens with zero attached hydrogens (tertiary/aromatic N) is 1. The molecule has 2 heterocycles. The molecule has 2 unspecified atom stereocenters. The molecule has 1 spiro atoms. The van der Waals surface area contributed by atoms with Gasteiger partial charge in [0.2, 0.25) is 5.91 Å². The predicted molar refractivity (Wildman–Crippen MR) is 95.4 cm³/mol. The van der Waals surface area contributed by atoms with Gasteiger partial charge in [-0.2, -0.15) is 0 Å². The number of carbonyl (C=O) groups is 2. The van der Waals surface area contributed by atoms with Crippen LogP contribution in [0.25, 0.3) is 0 Å². The van der Waals surface area contributed by atoms with E-state index in [4.69, 9.17) is 4.52 Å². The fourth-order valence-corrected chi connectivity index (χ4v) is 6.97. The van der Waals surface area contributed by atoms with Gasteiger partial charge in [0.15, 0.2) is 0 Å². The number of aromatic nitrogens is 1. The lowest BCUT2D eigenvalue weighted by Gasteiger charge is -2.26. The summed E-state index contributed by atoms with van der Waals surface area (Å²) < 4.78 is 5.04. The molecule has 7 heteroatoms. The van der Waals surface area contributed by atoms with Crippen molar-refractivity contribution in [2.45, 2.75) is 39.2 Å². The van der Waals surface area contributed by atoms with Crippen molar-refractivity contribution in [2.75, 3.05) is 13.1 Å². The number of carbonyl (C=O) groups excluding carboxylic acids is 1. The molecule has 3 saturated carbocycles. The molecule has 1 aliphatic heterocycles. The average Bonchev–Trinajstić information content (AvgIpc) is 3.06. The molecule has 1 saturated heterocycles. The van der Waals surface area contributed by atoms with Crippen LogP contribution in [0.2, 0.25) is 0 Å². The van der Waals surface area contributed by atoms with E-state index in [1.807, 2.05) is 6.92 Å². The number of nitrogens with one attached hydrogen (secondary N) is 2. The Balaban J connectivity index is 1.35. The molecule has 1 aromatic rings. The van der Waals surface area contributed by atoms with Gasteiger partial charge in [0, 0.05) is 6.07 Å². The lowest BCUT2D eigenvalue weighted by molar-refractivity contribution is -0.149. The second kappa shape index (κ2) is 6.06. The molecule has 3 N–H and O–H groups in total. The Kier molecular flexibility index (Phi) is 3.86. The maximum absolute atomic E-state index is 13.0. The fourth-order valence-electron chi connectivity index (χ4n) is 6.97. The Morgan fingerprint density at radius 2 is 2.07 bits per heavy atom. The molecule has 0 radical (unpaired) electrons. The highest BCUT2D eigenvalue weighted by atomic mass is 16.5. The standard InChI is InChI=1S/C20H27N3O4/c1-10-6-12(23-27-10)9-22-18(24)16-13-2-3-14(17(16)19(25)26)20(13)7-15(20)11-4-5-21-8-11/h6,11,13-17,21H,2-5,7-9H2,1H3,(H,22,24)(H,25,26)/t11?,13-,14+,15?,16+,17+,20+/m0/s1. The minimum absolute atomic E-state index is 0.103. The van der Waals surface area contributed by atoms with Crippen LogP contribution in [0.3, 0.4) is 0 Å². The van der Waals surface area contributed by atoms with Crippen LogP contribution in [0.5, 0.6) is 0 Å². The zero-order valence-corrected chi connectivity index (χ0v) is 15.6. The summed E-state index contributed by atoms with van der Waals surface area (Å²) in [6.45, 7) is 4.21. The Morgan fingerprint density at radius 3 is 2.70 bits per heavy atom. The zero-order valence-electron chi connectivity index (χ0n) is 15.6. The molecule has 7 atom stereocenters. The van der Waals surface area contributed by atoms with Gasteiger partial charge in [0.1, 0.15) is 11.5 Å². The molecule has 4 fully saturated rings. The van der Waals surface area contributed by atoms with Crippen LogP contribution in [-0.2, 0) is 16.1 Å². The maximum Gasteiger partial charge on any atom is 0.307 e. The van der Waals surface area contributed by atoms with Crippen molar-refractivity contribution in [2.24, 2.45) is 40.9 Å². The first-order valence-electron chi connectivity index (χ1n) is 10.2. The summed E-state index contributed by atoms with van der Waals surface area (Å²) in [5, 5.41) is 20.2. The normalized spacial score (nSPS) is 42.0. The van der Waals surface area contributed by atoms with Gasteiger partial charge in [-0.15, -0.1) is 0 Å². The SMILES string of the molecule is Cc1cc(CNC(=O)[C@H]2[C@H](C(=O)O)[C@H]3CC[C@@H]2[C@]32CC2C2CCNC2)no1. The summed E-state index contributed by atoms with van der Waals surface area (Å²) in [4.78, 5) is 25.1. The van der Waals surface area contributed by atoms with Crippen LogP contribution in [0.15, 0.2) is 10.6 Å². The molecule has 146 valence electrons. The number of hydrogen-bond acceptors (Lipinski definition) is 5. The summed E-state index contributed by atoms with van der Waals surface area (Å²) in [5.74, 6) is 0.469. The molecular weight excluding hydrogens is 346 g/mol. The summed E-state index contributed by atoms with van der Waals surface area (Å²) in [5.41, 5.74) is 0.776. The third-order valence-electron chi connectivity index (χ3n) is 7.90. The Hall–Kier alpha value is -1.89. The molecular formula is C20H27N3O4. The van der Waals surface area contributed by atoms with E-state index in [9.17, 15) is 14.7 Å². The number of carboxylic acids is 1. The van der Waals surface area contributed by atoms with Crippen molar-refractivity contribution in [1.82, 2.24) is 15.8 Å². The minimum atomic E-state index is -0.797. The monoisotopic (exact) mass is 373 g/mol. The molecule has 27 heavy (non-hydrogen) atoms. The smallest absolute Gasteiger partial charge is 0.307 e. The third kappa shape index (κ3) is 2.47. The third-order valence-corrected chi connectivity index (χ3v) is 7.90. The number of amides is 1. The predicted octanol–water partition coefficient (Wildman–Crippen LogP) is 1.57. The van der Waals surface area contributed by atoms with E-state index >= 15 is 0 Å². The number of aliphatic carboxylic acids is 1. The van der Waals surface area contributed by atoms with E-state index in [0.29, 0.717) is 29.8 Å². The van der Waals surface area contributed by atoms with Gasteiger partial charge in [-0.3, -0.25) is 9.59 Å². The molecule has 5 rings (SSSR count). The second-order valence-electron chi connectivity index (χ2n) is 9.00. The van der Waals surface area contributed by atoms with Crippen molar-refractivity contribution in [3.63, 3.8) is 0 Å². The van der Waals surface area contributed by atoms with Gasteiger partial charge in [0.25, 0.3) is 0 Å². The summed E-state index contributed by atoms with van der Waals surface area (Å²) in [6, 6.07) is 1.79. The zero-order chi connectivity index (χ0) is 18.8. The average molecular weight is 373 g/mol. The minimum Gasteiger partial charge on any atom is -0.481 e. The molecule has 3 aliphatic carbocycles. The number of carboxylic acid groups (broad SMARTS) is 1. The topological polar surface area (TPSA) is 104 Å². The van der Waals surface area contributed by atoms with Crippen molar-refractivity contribution in [3.8, 4) is 0 Å². The molecule has 1 aromatic heterocycles. The lowest BCUT2D eigenvalue weighted by Crippen LogP contribution is -2.41. The molecule has 1 amide bonds. The van der Waals surface area contributed by atoms with Gasteiger partial charge < -0.3 is 20.3 Å². The van der Waals surface area contributed by atoms with Gasteiger partial charge in [0.05, 0.1) is 18.4 Å². The molecule has 2 bridgehead atoms. The first kappa shape index (κ1) is 17.2. The van der Waals surface area contributed by atoms with Crippen molar-refractivity contribution < 1.29 is 19.2 Å². The molecule has 4 aliphatic rings. The maximum atomic E-state index is 13.0. The first-order valence-corrected chi connectivity index (χ1v) is 10.2. The van der Waals surface area contributed by atoms with E-state index in [-0.39, 0.29) is 23.2 Å². The summed E-state index contributed by atoms with van der Waals surface area (Å²) in [7, 11) is 0. The van der Waals surface area contributed by atoms with Crippen LogP contribution in [-0.4, -0.2) is 35.2 Å². The van der Waals surface area contributed by atoms with Crippen LogP contribution < -0.4 is 10.6 Å². The van der Waals surface area contributed by atoms with Gasteiger partial charge in [-0.25, -0.2) is 0 Å². The summed E-state index contributed by atoms with van der Waals surface area (Å²) >= 11 is 0. The molecule has 7 nitrogen and oxygen atoms in total. The van der Waals surface area contributed by atoms with Gasteiger partial charge >= 0.3 is 5.97 Å². The number of hydrogen-bond donors (Lipinski definition) is 3. The second-order valence-corrected chi connectivity index (χ2v) is 9.00. The van der Waals surface area contributed by atoms with E-state index in [2.05, 4.69) is 15.8 Å². The van der Waals surface area contributed by atoms with E-state index in [1.54, 1.807) is 6.07 Å². The van der Waals surface area contributed by atoms with Gasteiger partial charge in [-0.1, -0.05) is 5.16 Å². The van der Waals surface area contributed by atoms with Crippen LogP contribution in [0, 0.1) is 47.8 Å². The van der Waals surface area contributed by atoms with E-state index in [1.165, 1.54) is 6.42 Å². The van der Waals surface area contributed by atoms with Crippen LogP contribution >= 0.6 is 0 Å². The largest absolute Gasteiger partial charge is 0.481 e. The summed E-state index contributed by atoms with van der Waals surface area (Å²) in [6.07, 6.45) is 4.26. The number of rotatable bonds is 5.